The molecule has 0 radical (unpaired) electrons. The van der Waals surface area contributed by atoms with Crippen LogP contribution in [-0.4, -0.2) is 19.3 Å². The number of hydrogen-bond acceptors (Lipinski definition) is 4. The zero-order valence-electron chi connectivity index (χ0n) is 9.30. The molecule has 0 amide bonds. The molecule has 1 aliphatic heterocycles. The van der Waals surface area contributed by atoms with Gasteiger partial charge < -0.3 is 21.5 Å². The fraction of sp³-hybridized carbons (Fsp3) is 0.455. The lowest BCUT2D eigenvalue weighted by molar-refractivity contribution is 0.120. The lowest BCUT2D eigenvalue weighted by Crippen LogP contribution is -2.19. The summed E-state index contributed by atoms with van der Waals surface area (Å²) >= 11 is 5.72. The summed E-state index contributed by atoms with van der Waals surface area (Å²) in [5.74, 6) is -0.609. The Labute approximate surface area is 104 Å². The van der Waals surface area contributed by atoms with Crippen LogP contribution in [-0.2, 0) is 4.74 Å². The third kappa shape index (κ3) is 2.56. The van der Waals surface area contributed by atoms with Crippen molar-refractivity contribution in [2.75, 3.05) is 29.9 Å². The minimum atomic E-state index is -0.609. The summed E-state index contributed by atoms with van der Waals surface area (Å²) in [6, 6.07) is 1.45. The third-order valence-electron chi connectivity index (χ3n) is 2.80. The number of ether oxygens (including phenoxy) is 1. The number of halogens is 2. The Morgan fingerprint density at radius 1 is 1.47 bits per heavy atom. The van der Waals surface area contributed by atoms with Crippen LogP contribution in [0.3, 0.4) is 0 Å². The lowest BCUT2D eigenvalue weighted by atomic mass is 10.2. The van der Waals surface area contributed by atoms with Crippen LogP contribution in [0.15, 0.2) is 6.07 Å². The molecule has 94 valence electrons. The van der Waals surface area contributed by atoms with Crippen LogP contribution in [0, 0.1) is 5.82 Å². The van der Waals surface area contributed by atoms with Gasteiger partial charge in [0.2, 0.25) is 0 Å². The van der Waals surface area contributed by atoms with Crippen molar-refractivity contribution in [2.45, 2.75) is 18.9 Å². The summed E-state index contributed by atoms with van der Waals surface area (Å²) in [5, 5.41) is 2.82. The average molecular weight is 260 g/mol. The van der Waals surface area contributed by atoms with Crippen molar-refractivity contribution < 1.29 is 9.13 Å². The first kappa shape index (κ1) is 12.3. The van der Waals surface area contributed by atoms with E-state index in [-0.39, 0.29) is 28.2 Å². The van der Waals surface area contributed by atoms with Crippen LogP contribution in [0.25, 0.3) is 0 Å². The van der Waals surface area contributed by atoms with E-state index in [0.717, 1.165) is 19.4 Å². The van der Waals surface area contributed by atoms with Gasteiger partial charge in [0.15, 0.2) is 5.82 Å². The van der Waals surface area contributed by atoms with Gasteiger partial charge >= 0.3 is 0 Å². The molecule has 1 aromatic rings. The molecule has 1 aliphatic rings. The Bertz CT molecular complexity index is 422. The maximum absolute atomic E-state index is 13.8. The van der Waals surface area contributed by atoms with Gasteiger partial charge in [0.25, 0.3) is 0 Å². The SMILES string of the molecule is Nc1cc(N)c(NCC2CCCO2)c(F)c1Cl. The molecule has 0 spiro atoms. The van der Waals surface area contributed by atoms with E-state index in [0.29, 0.717) is 6.54 Å². The predicted octanol–water partition coefficient (Wildman–Crippen LogP) is 2.23. The first-order chi connectivity index (χ1) is 8.09. The fourth-order valence-electron chi connectivity index (χ4n) is 1.87. The maximum atomic E-state index is 13.8. The van der Waals surface area contributed by atoms with E-state index in [1.165, 1.54) is 6.07 Å². The normalized spacial score (nSPS) is 19.5. The Hall–Kier alpha value is -1.20. The second-order valence-corrected chi connectivity index (χ2v) is 4.45. The molecule has 4 nitrogen and oxygen atoms in total. The minimum Gasteiger partial charge on any atom is -0.397 e. The molecule has 1 heterocycles. The van der Waals surface area contributed by atoms with E-state index in [1.807, 2.05) is 0 Å². The number of rotatable bonds is 3. The number of anilines is 3. The smallest absolute Gasteiger partial charge is 0.169 e. The highest BCUT2D eigenvalue weighted by molar-refractivity contribution is 6.33. The van der Waals surface area contributed by atoms with E-state index < -0.39 is 5.82 Å². The van der Waals surface area contributed by atoms with Crippen LogP contribution in [0.2, 0.25) is 5.02 Å². The van der Waals surface area contributed by atoms with Gasteiger partial charge in [-0.05, 0) is 18.9 Å². The minimum absolute atomic E-state index is 0.102. The van der Waals surface area contributed by atoms with Gasteiger partial charge in [-0.15, -0.1) is 0 Å². The molecule has 6 heteroatoms. The number of nitrogen functional groups attached to an aromatic ring is 2. The van der Waals surface area contributed by atoms with Gasteiger partial charge in [-0.3, -0.25) is 0 Å². The first-order valence-electron chi connectivity index (χ1n) is 5.48. The average Bonchev–Trinajstić information content (AvgIpc) is 2.79. The number of nitrogens with two attached hydrogens (primary N) is 2. The summed E-state index contributed by atoms with van der Waals surface area (Å²) in [6.45, 7) is 1.27. The van der Waals surface area contributed by atoms with E-state index in [9.17, 15) is 4.39 Å². The molecule has 0 bridgehead atoms. The molecular formula is C11H15ClFN3O. The molecule has 1 unspecified atom stereocenters. The first-order valence-corrected chi connectivity index (χ1v) is 5.86. The molecule has 2 rings (SSSR count). The van der Waals surface area contributed by atoms with E-state index in [2.05, 4.69) is 5.32 Å². The summed E-state index contributed by atoms with van der Waals surface area (Å²) in [5.41, 5.74) is 11.8. The van der Waals surface area contributed by atoms with Crippen molar-refractivity contribution in [3.8, 4) is 0 Å². The van der Waals surface area contributed by atoms with Crippen LogP contribution >= 0.6 is 11.6 Å². The summed E-state index contributed by atoms with van der Waals surface area (Å²) in [6.07, 6.45) is 2.11. The van der Waals surface area contributed by atoms with Gasteiger partial charge in [-0.25, -0.2) is 4.39 Å². The predicted molar refractivity (Wildman–Crippen MR) is 67.7 cm³/mol. The Morgan fingerprint density at radius 3 is 2.88 bits per heavy atom. The van der Waals surface area contributed by atoms with Crippen molar-refractivity contribution in [1.29, 1.82) is 0 Å². The van der Waals surface area contributed by atoms with Gasteiger partial charge in [-0.1, -0.05) is 11.6 Å². The largest absolute Gasteiger partial charge is 0.397 e. The number of hydrogen-bond donors (Lipinski definition) is 3. The van der Waals surface area contributed by atoms with E-state index in [1.54, 1.807) is 0 Å². The molecule has 1 saturated heterocycles. The zero-order chi connectivity index (χ0) is 12.4. The van der Waals surface area contributed by atoms with Crippen LogP contribution in [0.5, 0.6) is 0 Å². The maximum Gasteiger partial charge on any atom is 0.169 e. The molecule has 5 N–H and O–H groups in total. The second-order valence-electron chi connectivity index (χ2n) is 4.07. The Balaban J connectivity index is 2.12. The third-order valence-corrected chi connectivity index (χ3v) is 3.18. The molecule has 1 atom stereocenters. The van der Waals surface area contributed by atoms with Gasteiger partial charge in [-0.2, -0.15) is 0 Å². The molecule has 17 heavy (non-hydrogen) atoms. The highest BCUT2D eigenvalue weighted by Gasteiger charge is 2.18. The number of nitrogens with one attached hydrogen (secondary N) is 1. The monoisotopic (exact) mass is 259 g/mol. The van der Waals surface area contributed by atoms with E-state index >= 15 is 0 Å². The van der Waals surface area contributed by atoms with Crippen molar-refractivity contribution in [2.24, 2.45) is 0 Å². The zero-order valence-corrected chi connectivity index (χ0v) is 10.1. The lowest BCUT2D eigenvalue weighted by Gasteiger charge is -2.15. The quantitative estimate of drug-likeness (QED) is 0.728. The molecule has 0 aromatic heterocycles. The van der Waals surface area contributed by atoms with Crippen molar-refractivity contribution in [1.82, 2.24) is 0 Å². The fourth-order valence-corrected chi connectivity index (χ4v) is 2.02. The van der Waals surface area contributed by atoms with Crippen molar-refractivity contribution in [3.05, 3.63) is 16.9 Å². The molecule has 1 fully saturated rings. The van der Waals surface area contributed by atoms with Crippen molar-refractivity contribution in [3.63, 3.8) is 0 Å². The number of benzene rings is 1. The molecule has 0 aliphatic carbocycles. The highest BCUT2D eigenvalue weighted by Crippen LogP contribution is 2.33. The van der Waals surface area contributed by atoms with Gasteiger partial charge in [0.05, 0.1) is 23.2 Å². The highest BCUT2D eigenvalue weighted by atomic mass is 35.5. The molecule has 0 saturated carbocycles. The standard InChI is InChI=1S/C11H15ClFN3O/c12-9-7(14)4-8(15)11(10(9)13)16-5-6-2-1-3-17-6/h4,6,16H,1-3,5,14-15H2. The van der Waals surface area contributed by atoms with Crippen LogP contribution in [0.1, 0.15) is 12.8 Å². The molecular weight excluding hydrogens is 245 g/mol. The van der Waals surface area contributed by atoms with E-state index in [4.69, 9.17) is 27.8 Å². The van der Waals surface area contributed by atoms with Gasteiger partial charge in [0, 0.05) is 13.2 Å². The Kier molecular flexibility index (Phi) is 3.59. The second kappa shape index (κ2) is 4.98. The topological polar surface area (TPSA) is 73.3 Å². The summed E-state index contributed by atoms with van der Waals surface area (Å²) in [4.78, 5) is 0. The Morgan fingerprint density at radius 2 is 2.24 bits per heavy atom. The van der Waals surface area contributed by atoms with Gasteiger partial charge in [0.1, 0.15) is 5.02 Å². The van der Waals surface area contributed by atoms with Crippen LogP contribution < -0.4 is 16.8 Å². The molecule has 1 aromatic carbocycles. The van der Waals surface area contributed by atoms with Crippen molar-refractivity contribution >= 4 is 28.7 Å². The summed E-state index contributed by atoms with van der Waals surface area (Å²) in [7, 11) is 0. The summed E-state index contributed by atoms with van der Waals surface area (Å²) < 4.78 is 19.2. The van der Waals surface area contributed by atoms with Crippen LogP contribution in [0.4, 0.5) is 21.5 Å².